The normalized spacial score (nSPS) is 10.9. The number of fused-ring (bicyclic) bond motifs is 1. The number of aromatic amines is 2. The van der Waals surface area contributed by atoms with Crippen molar-refractivity contribution >= 4 is 17.9 Å². The summed E-state index contributed by atoms with van der Waals surface area (Å²) >= 11 is 4.81. The molecule has 2 aromatic rings. The molecule has 0 radical (unpaired) electrons. The van der Waals surface area contributed by atoms with E-state index in [1.807, 2.05) is 0 Å². The largest absolute Gasteiger partial charge is 0.348 e. The van der Waals surface area contributed by atoms with E-state index < -0.39 is 0 Å². The smallest absolute Gasteiger partial charge is 0.330 e. The van der Waals surface area contributed by atoms with E-state index in [0.29, 0.717) is 18.6 Å². The average Bonchev–Trinajstić information content (AvgIpc) is 2.49. The molecule has 0 aliphatic rings. The molecule has 0 spiro atoms. The molecule has 0 bridgehead atoms. The highest BCUT2D eigenvalue weighted by molar-refractivity contribution is 7.71. The molecule has 7 heteroatoms. The van der Waals surface area contributed by atoms with Crippen molar-refractivity contribution in [1.82, 2.24) is 19.6 Å². The lowest BCUT2D eigenvalue weighted by Gasteiger charge is -1.94. The molecule has 0 aliphatic carbocycles. The summed E-state index contributed by atoms with van der Waals surface area (Å²) in [6.07, 6.45) is 2.37. The molecule has 0 atom stereocenters. The molecule has 0 amide bonds. The van der Waals surface area contributed by atoms with E-state index in [0.717, 1.165) is 5.56 Å². The fourth-order valence-electron chi connectivity index (χ4n) is 1.30. The number of rotatable bonds is 2. The van der Waals surface area contributed by atoms with E-state index in [-0.39, 0.29) is 10.5 Å². The van der Waals surface area contributed by atoms with Gasteiger partial charge in [0.25, 0.3) is 0 Å². The highest BCUT2D eigenvalue weighted by Crippen LogP contribution is 2.04. The van der Waals surface area contributed by atoms with Gasteiger partial charge in [-0.2, -0.15) is 4.52 Å². The van der Waals surface area contributed by atoms with E-state index in [4.69, 9.17) is 18.0 Å². The molecule has 6 nitrogen and oxygen atoms in total. The predicted molar refractivity (Wildman–Crippen MR) is 53.8 cm³/mol. The monoisotopic (exact) mass is 211 g/mol. The Bertz CT molecular complexity index is 565. The van der Waals surface area contributed by atoms with Crippen LogP contribution in [0.2, 0.25) is 0 Å². The molecule has 0 aromatic carbocycles. The van der Waals surface area contributed by atoms with Crippen molar-refractivity contribution in [3.8, 4) is 0 Å². The van der Waals surface area contributed by atoms with Gasteiger partial charge >= 0.3 is 5.69 Å². The summed E-state index contributed by atoms with van der Waals surface area (Å²) in [6, 6.07) is 0. The van der Waals surface area contributed by atoms with Crippen LogP contribution < -0.4 is 11.4 Å². The zero-order valence-corrected chi connectivity index (χ0v) is 8.10. The lowest BCUT2D eigenvalue weighted by atomic mass is 10.2. The van der Waals surface area contributed by atoms with Crippen molar-refractivity contribution in [2.45, 2.75) is 6.42 Å². The summed E-state index contributed by atoms with van der Waals surface area (Å²) < 4.78 is 1.49. The first-order chi connectivity index (χ1) is 6.72. The third-order valence-electron chi connectivity index (χ3n) is 1.90. The molecule has 2 aromatic heterocycles. The van der Waals surface area contributed by atoms with Gasteiger partial charge in [0.2, 0.25) is 4.77 Å². The Labute approximate surface area is 83.8 Å². The SMILES string of the molecule is NCCc1c[nH]n2c(=O)[nH]c(=S)nc12. The van der Waals surface area contributed by atoms with Crippen LogP contribution in [0.1, 0.15) is 5.56 Å². The van der Waals surface area contributed by atoms with E-state index in [1.165, 1.54) is 4.52 Å². The van der Waals surface area contributed by atoms with Crippen LogP contribution in [-0.2, 0) is 6.42 Å². The van der Waals surface area contributed by atoms with Gasteiger partial charge in [-0.15, -0.1) is 0 Å². The topological polar surface area (TPSA) is 92.0 Å². The van der Waals surface area contributed by atoms with Gasteiger partial charge in [-0.3, -0.25) is 10.1 Å². The molecular formula is C7H9N5OS. The van der Waals surface area contributed by atoms with E-state index >= 15 is 0 Å². The third-order valence-corrected chi connectivity index (χ3v) is 2.10. The van der Waals surface area contributed by atoms with Crippen molar-refractivity contribution in [2.24, 2.45) is 5.73 Å². The summed E-state index contributed by atoms with van der Waals surface area (Å²) in [7, 11) is 0. The molecule has 2 heterocycles. The van der Waals surface area contributed by atoms with Gasteiger partial charge in [0, 0.05) is 11.8 Å². The van der Waals surface area contributed by atoms with Crippen LogP contribution in [0.25, 0.3) is 5.65 Å². The van der Waals surface area contributed by atoms with Gasteiger partial charge < -0.3 is 5.73 Å². The van der Waals surface area contributed by atoms with Gasteiger partial charge in [0.05, 0.1) is 0 Å². The number of aromatic nitrogens is 4. The standard InChI is InChI=1S/C7H9N5OS/c8-2-1-4-3-9-12-5(4)10-6(14)11-7(12)13/h3,9H,1-2,8H2,(H,11,13,14). The highest BCUT2D eigenvalue weighted by atomic mass is 32.1. The van der Waals surface area contributed by atoms with Crippen LogP contribution in [0.4, 0.5) is 0 Å². The number of nitrogens with one attached hydrogen (secondary N) is 2. The second-order valence-corrected chi connectivity index (χ2v) is 3.23. The van der Waals surface area contributed by atoms with Crippen LogP contribution in [-0.4, -0.2) is 26.1 Å². The van der Waals surface area contributed by atoms with Crippen molar-refractivity contribution < 1.29 is 0 Å². The zero-order chi connectivity index (χ0) is 10.1. The quantitative estimate of drug-likeness (QED) is 0.588. The highest BCUT2D eigenvalue weighted by Gasteiger charge is 2.05. The van der Waals surface area contributed by atoms with Gasteiger partial charge in [-0.1, -0.05) is 0 Å². The lowest BCUT2D eigenvalue weighted by Crippen LogP contribution is -2.18. The first kappa shape index (κ1) is 9.10. The predicted octanol–water partition coefficient (Wildman–Crippen LogP) is -0.419. The van der Waals surface area contributed by atoms with E-state index in [9.17, 15) is 4.79 Å². The zero-order valence-electron chi connectivity index (χ0n) is 7.28. The second-order valence-electron chi connectivity index (χ2n) is 2.84. The number of nitrogens with two attached hydrogens (primary N) is 1. The van der Waals surface area contributed by atoms with Crippen LogP contribution in [0, 0.1) is 4.77 Å². The minimum atomic E-state index is -0.316. The van der Waals surface area contributed by atoms with Crippen molar-refractivity contribution in [2.75, 3.05) is 6.54 Å². The Kier molecular flexibility index (Phi) is 2.18. The molecule has 0 fully saturated rings. The Hall–Kier alpha value is -1.47. The molecule has 0 saturated heterocycles. The minimum absolute atomic E-state index is 0.188. The molecule has 2 rings (SSSR count). The van der Waals surface area contributed by atoms with Crippen LogP contribution >= 0.6 is 12.2 Å². The fraction of sp³-hybridized carbons (Fsp3) is 0.286. The number of nitrogens with zero attached hydrogens (tertiary/aromatic N) is 2. The second kappa shape index (κ2) is 3.35. The Morgan fingerprint density at radius 1 is 1.64 bits per heavy atom. The summed E-state index contributed by atoms with van der Waals surface area (Å²) in [4.78, 5) is 17.8. The van der Waals surface area contributed by atoms with Crippen molar-refractivity contribution in [3.63, 3.8) is 0 Å². The van der Waals surface area contributed by atoms with Crippen LogP contribution in [0.15, 0.2) is 11.0 Å². The first-order valence-electron chi connectivity index (χ1n) is 4.12. The summed E-state index contributed by atoms with van der Waals surface area (Å²) in [5, 5.41) is 2.78. The number of H-pyrrole nitrogens is 2. The molecule has 0 unspecified atom stereocenters. The molecular weight excluding hydrogens is 202 g/mol. The van der Waals surface area contributed by atoms with Crippen molar-refractivity contribution in [3.05, 3.63) is 27.0 Å². The molecule has 4 N–H and O–H groups in total. The van der Waals surface area contributed by atoms with E-state index in [1.54, 1.807) is 6.20 Å². The molecule has 0 aliphatic heterocycles. The lowest BCUT2D eigenvalue weighted by molar-refractivity contribution is 0.832. The maximum absolute atomic E-state index is 11.4. The Balaban J connectivity index is 2.79. The maximum Gasteiger partial charge on any atom is 0.348 e. The van der Waals surface area contributed by atoms with Gasteiger partial charge in [-0.05, 0) is 25.2 Å². The van der Waals surface area contributed by atoms with Crippen LogP contribution in [0.5, 0.6) is 0 Å². The summed E-state index contributed by atoms with van der Waals surface area (Å²) in [6.45, 7) is 0.509. The number of hydrogen-bond donors (Lipinski definition) is 3. The van der Waals surface area contributed by atoms with Gasteiger partial charge in [0.15, 0.2) is 5.65 Å². The summed E-state index contributed by atoms with van der Waals surface area (Å²) in [5.41, 5.74) is 6.55. The summed E-state index contributed by atoms with van der Waals surface area (Å²) in [5.74, 6) is 0. The van der Waals surface area contributed by atoms with Gasteiger partial charge in [-0.25, -0.2) is 9.78 Å². The Morgan fingerprint density at radius 3 is 3.14 bits per heavy atom. The maximum atomic E-state index is 11.4. The minimum Gasteiger partial charge on any atom is -0.330 e. The fourth-order valence-corrected chi connectivity index (χ4v) is 1.47. The molecule has 0 saturated carbocycles. The van der Waals surface area contributed by atoms with Crippen molar-refractivity contribution in [1.29, 1.82) is 0 Å². The molecule has 14 heavy (non-hydrogen) atoms. The van der Waals surface area contributed by atoms with Crippen LogP contribution in [0.3, 0.4) is 0 Å². The molecule has 74 valence electrons. The Morgan fingerprint density at radius 2 is 2.43 bits per heavy atom. The first-order valence-corrected chi connectivity index (χ1v) is 4.52. The average molecular weight is 211 g/mol. The van der Waals surface area contributed by atoms with Gasteiger partial charge in [0.1, 0.15) is 0 Å². The third kappa shape index (κ3) is 1.36. The number of hydrogen-bond acceptors (Lipinski definition) is 4. The van der Waals surface area contributed by atoms with E-state index in [2.05, 4.69) is 15.1 Å².